The lowest BCUT2D eigenvalue weighted by molar-refractivity contribution is -0.145. The van der Waals surface area contributed by atoms with Crippen LogP contribution in [0.3, 0.4) is 0 Å². The summed E-state index contributed by atoms with van der Waals surface area (Å²) in [7, 11) is 0. The van der Waals surface area contributed by atoms with Gasteiger partial charge in [0.15, 0.2) is 5.96 Å². The second kappa shape index (κ2) is 37.4. The number of carbonyl (C=O) groups is 14. The molecule has 0 radical (unpaired) electrons. The molecule has 0 aromatic rings. The number of primary amides is 1. The molecule has 1 heterocycles. The van der Waals surface area contributed by atoms with E-state index < -0.39 is 181 Å². The lowest BCUT2D eigenvalue weighted by Gasteiger charge is -2.32. The van der Waals surface area contributed by atoms with E-state index in [0.717, 1.165) is 4.90 Å². The van der Waals surface area contributed by atoms with E-state index >= 15 is 0 Å². The lowest BCUT2D eigenvalue weighted by atomic mass is 10.0. The molecule has 0 unspecified atom stereocenters. The van der Waals surface area contributed by atoms with Crippen molar-refractivity contribution in [3.05, 3.63) is 0 Å². The molecule has 1 aliphatic heterocycles. The fourth-order valence-corrected chi connectivity index (χ4v) is 9.04. The Kier molecular flexibility index (Phi) is 33.0. The average molecular weight is 1220 g/mol. The summed E-state index contributed by atoms with van der Waals surface area (Å²) in [5.74, 6) is -16.6. The summed E-state index contributed by atoms with van der Waals surface area (Å²) in [4.78, 5) is 188. The highest BCUT2D eigenvalue weighted by atomic mass is 32.2. The highest BCUT2D eigenvalue weighted by Gasteiger charge is 2.42. The van der Waals surface area contributed by atoms with Crippen molar-refractivity contribution in [1.29, 1.82) is 0 Å². The number of aliphatic carboxylic acids is 4. The van der Waals surface area contributed by atoms with Crippen LogP contribution in [0.4, 0.5) is 0 Å². The van der Waals surface area contributed by atoms with Crippen molar-refractivity contribution < 1.29 is 87.5 Å². The zero-order chi connectivity index (χ0) is 64.1. The molecule has 0 aromatic carbocycles. The predicted molar refractivity (Wildman–Crippen MR) is 302 cm³/mol. The SMILES string of the molecule is CSCC[C@H](NC(=O)[C@H](CC(N)=O)NC(=O)[C@H](CC(C)C)NC(=O)[C@H](CCCN=C(N)N)NC(=O)[C@@H](N)CCC(=O)O)C(=O)N[C@H](C(=O)N1CCC[C@H]1C(=O)N[C@@H](CC(=O)O)C(=O)N[C@@H](CC(C)C)C(=O)N[C@@H](CCC(=O)O)C(=O)O)C(C)C. The number of nitrogens with one attached hydrogen (secondary N) is 8. The largest absolute Gasteiger partial charge is 0.481 e. The first kappa shape index (κ1) is 74.2. The number of nitrogens with two attached hydrogens (primary N) is 4. The first-order valence-corrected chi connectivity index (χ1v) is 28.8. The van der Waals surface area contributed by atoms with Crippen molar-refractivity contribution in [1.82, 2.24) is 47.4 Å². The number of thioether (sulfide) groups is 1. The third kappa shape index (κ3) is 28.0. The van der Waals surface area contributed by atoms with Crippen LogP contribution in [0.25, 0.3) is 0 Å². The molecule has 1 rings (SSSR count). The number of aliphatic imine (C=N–C) groups is 1. The molecule has 1 aliphatic rings. The van der Waals surface area contributed by atoms with Gasteiger partial charge in [0.25, 0.3) is 0 Å². The summed E-state index contributed by atoms with van der Waals surface area (Å²) < 4.78 is 0. The number of carbonyl (C=O) groups excluding carboxylic acids is 10. The van der Waals surface area contributed by atoms with Crippen molar-refractivity contribution in [3.8, 4) is 0 Å². The Morgan fingerprint density at radius 2 is 1.00 bits per heavy atom. The van der Waals surface area contributed by atoms with Crippen molar-refractivity contribution in [3.63, 3.8) is 0 Å². The van der Waals surface area contributed by atoms with Gasteiger partial charge in [0, 0.05) is 25.9 Å². The molecule has 0 aromatic heterocycles. The molecule has 32 nitrogen and oxygen atoms in total. The van der Waals surface area contributed by atoms with Crippen LogP contribution in [0.15, 0.2) is 4.99 Å². The smallest absolute Gasteiger partial charge is 0.326 e. The Labute approximate surface area is 490 Å². The van der Waals surface area contributed by atoms with Gasteiger partial charge in [-0.3, -0.25) is 67.3 Å². The van der Waals surface area contributed by atoms with Crippen LogP contribution in [0, 0.1) is 17.8 Å². The van der Waals surface area contributed by atoms with E-state index in [2.05, 4.69) is 47.5 Å². The van der Waals surface area contributed by atoms with Crippen LogP contribution in [0.2, 0.25) is 0 Å². The number of hydrogen-bond donors (Lipinski definition) is 16. The maximum atomic E-state index is 14.4. The van der Waals surface area contributed by atoms with E-state index in [0.29, 0.717) is 0 Å². The topological polar surface area (TPSA) is 536 Å². The van der Waals surface area contributed by atoms with Crippen LogP contribution >= 0.6 is 11.8 Å². The molecule has 10 atom stereocenters. The number of guanidine groups is 1. The van der Waals surface area contributed by atoms with Crippen LogP contribution in [-0.4, -0.2) is 200 Å². The fourth-order valence-electron chi connectivity index (χ4n) is 8.57. The Morgan fingerprint density at radius 3 is 1.48 bits per heavy atom. The summed E-state index contributed by atoms with van der Waals surface area (Å²) in [6.07, 6.45) is -1.79. The third-order valence-corrected chi connectivity index (χ3v) is 13.5. The van der Waals surface area contributed by atoms with Gasteiger partial charge in [-0.25, -0.2) is 4.79 Å². The monoisotopic (exact) mass is 1210 g/mol. The van der Waals surface area contributed by atoms with Crippen molar-refractivity contribution in [2.24, 2.45) is 45.7 Å². The van der Waals surface area contributed by atoms with Gasteiger partial charge in [-0.15, -0.1) is 0 Å². The summed E-state index contributed by atoms with van der Waals surface area (Å²) >= 11 is 1.28. The second-order valence-electron chi connectivity index (χ2n) is 21.4. The van der Waals surface area contributed by atoms with E-state index in [1.165, 1.54) is 11.8 Å². The van der Waals surface area contributed by atoms with Gasteiger partial charge >= 0.3 is 23.9 Å². The number of carboxylic acid groups (broad SMARTS) is 4. The molecular weight excluding hydrogens is 1130 g/mol. The minimum atomic E-state index is -1.84. The molecule has 20 N–H and O–H groups in total. The van der Waals surface area contributed by atoms with Gasteiger partial charge in [-0.2, -0.15) is 11.8 Å². The second-order valence-corrected chi connectivity index (χ2v) is 22.4. The summed E-state index contributed by atoms with van der Waals surface area (Å²) in [6, 6.07) is -14.9. The molecule has 0 aliphatic carbocycles. The van der Waals surface area contributed by atoms with Crippen molar-refractivity contribution >= 4 is 101 Å². The third-order valence-electron chi connectivity index (χ3n) is 12.9. The minimum absolute atomic E-state index is 0.0207. The maximum absolute atomic E-state index is 14.4. The van der Waals surface area contributed by atoms with Crippen molar-refractivity contribution in [2.45, 2.75) is 185 Å². The minimum Gasteiger partial charge on any atom is -0.481 e. The van der Waals surface area contributed by atoms with Gasteiger partial charge in [-0.05, 0) is 87.5 Å². The predicted octanol–water partition coefficient (Wildman–Crippen LogP) is -4.10. The van der Waals surface area contributed by atoms with Crippen LogP contribution in [-0.2, 0) is 67.1 Å². The summed E-state index contributed by atoms with van der Waals surface area (Å²) in [6.45, 7) is 9.93. The first-order valence-electron chi connectivity index (χ1n) is 27.4. The standard InChI is InChI=1S/C51H86N14O18S/c1-24(2)20-31(44(76)59-30(50(82)83)13-15-38(69)70)61-47(79)34(23-39(71)72)63-48(80)35-11-9-18-65(35)49(81)40(26(5)6)64-43(75)29(16-19-84-7)58-46(78)33(22-36(53)66)62-45(77)32(21-25(3)4)60-42(74)28(10-8-17-56-51(54)55)57-41(73)27(52)12-14-37(67)68/h24-35,40H,8-23,52H2,1-7H3,(H2,53,66)(H,57,73)(H,58,78)(H,59,76)(H,60,74)(H,61,79)(H,62,77)(H,63,80)(H,64,75)(H,67,68)(H,69,70)(H,71,72)(H,82,83)(H4,54,55,56)/t27-,28-,29-,30-,31-,32-,33-,34-,35-,40-/m0/s1. The lowest BCUT2D eigenvalue weighted by Crippen LogP contribution is -2.61. The molecule has 0 spiro atoms. The van der Waals surface area contributed by atoms with Gasteiger partial charge < -0.3 is 90.8 Å². The number of hydrogen-bond acceptors (Lipinski definition) is 17. The zero-order valence-corrected chi connectivity index (χ0v) is 49.3. The molecule has 0 saturated carbocycles. The number of likely N-dealkylation sites (tertiary alicyclic amines) is 1. The molecule has 84 heavy (non-hydrogen) atoms. The van der Waals surface area contributed by atoms with Crippen LogP contribution in [0.1, 0.15) is 125 Å². The molecule has 1 fully saturated rings. The first-order chi connectivity index (χ1) is 39.2. The normalized spacial score (nSPS) is 16.2. The highest BCUT2D eigenvalue weighted by molar-refractivity contribution is 7.98. The highest BCUT2D eigenvalue weighted by Crippen LogP contribution is 2.22. The van der Waals surface area contributed by atoms with Gasteiger partial charge in [0.2, 0.25) is 59.1 Å². The van der Waals surface area contributed by atoms with Crippen LogP contribution < -0.4 is 65.5 Å². The summed E-state index contributed by atoms with van der Waals surface area (Å²) in [5.41, 5.74) is 22.2. The Balaban J connectivity index is 3.46. The summed E-state index contributed by atoms with van der Waals surface area (Å²) in [5, 5.41) is 57.0. The van der Waals surface area contributed by atoms with E-state index in [1.807, 2.05) is 0 Å². The average Bonchev–Trinajstić information content (AvgIpc) is 3.98. The van der Waals surface area contributed by atoms with E-state index in [9.17, 15) is 77.3 Å². The van der Waals surface area contributed by atoms with Crippen LogP contribution in [0.5, 0.6) is 0 Å². The number of nitrogens with zero attached hydrogens (tertiary/aromatic N) is 2. The zero-order valence-electron chi connectivity index (χ0n) is 48.4. The van der Waals surface area contributed by atoms with Gasteiger partial charge in [-0.1, -0.05) is 41.5 Å². The van der Waals surface area contributed by atoms with E-state index in [1.54, 1.807) is 47.8 Å². The molecule has 10 amide bonds. The number of amides is 10. The quantitative estimate of drug-likeness (QED) is 0.0158. The number of carboxylic acids is 4. The molecule has 33 heteroatoms. The maximum Gasteiger partial charge on any atom is 0.326 e. The van der Waals surface area contributed by atoms with Gasteiger partial charge in [0.05, 0.1) is 18.9 Å². The van der Waals surface area contributed by atoms with Crippen molar-refractivity contribution in [2.75, 3.05) is 25.1 Å². The molecule has 474 valence electrons. The molecule has 1 saturated heterocycles. The molecular formula is C51H86N14O18S. The van der Waals surface area contributed by atoms with Gasteiger partial charge in [0.1, 0.15) is 54.4 Å². The Bertz CT molecular complexity index is 2370. The Hall–Kier alpha value is -7.84. The Morgan fingerprint density at radius 1 is 0.548 bits per heavy atom. The van der Waals surface area contributed by atoms with E-state index in [4.69, 9.17) is 33.1 Å². The molecule has 0 bridgehead atoms. The van der Waals surface area contributed by atoms with E-state index in [-0.39, 0.29) is 88.0 Å². The fraction of sp³-hybridized carbons (Fsp3) is 0.706. The number of rotatable bonds is 40.